The van der Waals surface area contributed by atoms with Crippen LogP contribution in [-0.2, 0) is 0 Å². The van der Waals surface area contributed by atoms with E-state index < -0.39 is 0 Å². The molecule has 0 unspecified atom stereocenters. The minimum Gasteiger partial charge on any atom is -0.493 e. The number of benzene rings is 1. The topological polar surface area (TPSA) is 56.8 Å². The van der Waals surface area contributed by atoms with Crippen molar-refractivity contribution in [1.29, 1.82) is 10.5 Å². The van der Waals surface area contributed by atoms with Crippen LogP contribution in [0.3, 0.4) is 0 Å². The molecule has 3 nitrogen and oxygen atoms in total. The average molecular weight is 198 g/mol. The number of nitriles is 2. The average Bonchev–Trinajstić information content (AvgIpc) is 2.28. The Balaban J connectivity index is 3.10. The lowest BCUT2D eigenvalue weighted by Gasteiger charge is -2.05. The zero-order valence-corrected chi connectivity index (χ0v) is 8.40. The first-order valence-corrected chi connectivity index (χ1v) is 4.55. The van der Waals surface area contributed by atoms with E-state index in [1.807, 2.05) is 37.3 Å². The zero-order valence-electron chi connectivity index (χ0n) is 8.40. The van der Waals surface area contributed by atoms with Crippen molar-refractivity contribution in [3.8, 4) is 17.9 Å². The predicted octanol–water partition coefficient (Wildman–Crippen LogP) is 2.52. The first-order chi connectivity index (χ1) is 7.31. The summed E-state index contributed by atoms with van der Waals surface area (Å²) in [6, 6.07) is 10.9. The van der Waals surface area contributed by atoms with Gasteiger partial charge in [0, 0.05) is 5.56 Å². The van der Waals surface area contributed by atoms with E-state index in [9.17, 15) is 0 Å². The van der Waals surface area contributed by atoms with E-state index in [0.717, 1.165) is 5.56 Å². The second kappa shape index (κ2) is 5.47. The summed E-state index contributed by atoms with van der Waals surface area (Å²) in [5.74, 6) is 0.683. The summed E-state index contributed by atoms with van der Waals surface area (Å²) in [5, 5.41) is 17.3. The van der Waals surface area contributed by atoms with Gasteiger partial charge < -0.3 is 4.74 Å². The molecule has 0 amide bonds. The van der Waals surface area contributed by atoms with E-state index in [1.54, 1.807) is 6.07 Å². The third-order valence-electron chi connectivity index (χ3n) is 1.76. The fourth-order valence-electron chi connectivity index (χ4n) is 1.13. The van der Waals surface area contributed by atoms with Crippen LogP contribution in [0.4, 0.5) is 0 Å². The maximum Gasteiger partial charge on any atom is 0.130 e. The molecule has 3 heteroatoms. The Hall–Kier alpha value is -2.26. The van der Waals surface area contributed by atoms with Crippen LogP contribution in [-0.4, -0.2) is 6.61 Å². The SMILES string of the molecule is CCOc1ccccc1C=C(C#N)C#N. The summed E-state index contributed by atoms with van der Waals surface area (Å²) in [6.07, 6.45) is 1.52. The van der Waals surface area contributed by atoms with Crippen LogP contribution in [0.5, 0.6) is 5.75 Å². The van der Waals surface area contributed by atoms with Gasteiger partial charge in [0.05, 0.1) is 6.61 Å². The van der Waals surface area contributed by atoms with Crippen LogP contribution >= 0.6 is 0 Å². The standard InChI is InChI=1S/C12H10N2O/c1-2-15-12-6-4-3-5-11(12)7-10(8-13)9-14/h3-7H,2H2,1H3. The van der Waals surface area contributed by atoms with E-state index in [4.69, 9.17) is 15.3 Å². The molecule has 74 valence electrons. The maximum absolute atomic E-state index is 8.63. The maximum atomic E-state index is 8.63. The Morgan fingerprint density at radius 1 is 1.33 bits per heavy atom. The van der Waals surface area contributed by atoms with E-state index in [2.05, 4.69) is 0 Å². The molecule has 0 radical (unpaired) electrons. The van der Waals surface area contributed by atoms with Crippen LogP contribution in [0.1, 0.15) is 12.5 Å². The summed E-state index contributed by atoms with van der Waals surface area (Å²) in [5.41, 5.74) is 0.819. The lowest BCUT2D eigenvalue weighted by atomic mass is 10.1. The van der Waals surface area contributed by atoms with E-state index in [1.165, 1.54) is 6.08 Å². The van der Waals surface area contributed by atoms with Gasteiger partial charge in [0.25, 0.3) is 0 Å². The molecule has 1 aromatic rings. The summed E-state index contributed by atoms with van der Waals surface area (Å²) in [6.45, 7) is 2.44. The highest BCUT2D eigenvalue weighted by Gasteiger charge is 2.00. The van der Waals surface area contributed by atoms with Gasteiger partial charge in [-0.05, 0) is 19.1 Å². The number of hydrogen-bond acceptors (Lipinski definition) is 3. The van der Waals surface area contributed by atoms with Crippen molar-refractivity contribution in [3.63, 3.8) is 0 Å². The largest absolute Gasteiger partial charge is 0.493 e. The second-order valence-electron chi connectivity index (χ2n) is 2.75. The lowest BCUT2D eigenvalue weighted by molar-refractivity contribution is 0.339. The van der Waals surface area contributed by atoms with Crippen LogP contribution < -0.4 is 4.74 Å². The smallest absolute Gasteiger partial charge is 0.130 e. The molecule has 0 atom stereocenters. The highest BCUT2D eigenvalue weighted by atomic mass is 16.5. The number of rotatable bonds is 3. The van der Waals surface area contributed by atoms with E-state index >= 15 is 0 Å². The van der Waals surface area contributed by atoms with Crippen LogP contribution in [0.15, 0.2) is 29.8 Å². The van der Waals surface area contributed by atoms with Gasteiger partial charge in [0.2, 0.25) is 0 Å². The van der Waals surface area contributed by atoms with Gasteiger partial charge >= 0.3 is 0 Å². The molecule has 0 saturated carbocycles. The van der Waals surface area contributed by atoms with Gasteiger partial charge in [0.1, 0.15) is 23.5 Å². The van der Waals surface area contributed by atoms with E-state index in [-0.39, 0.29) is 5.57 Å². The van der Waals surface area contributed by atoms with Gasteiger partial charge in [-0.3, -0.25) is 0 Å². The molecular formula is C12H10N2O. The lowest BCUT2D eigenvalue weighted by Crippen LogP contribution is -1.93. The molecule has 0 heterocycles. The molecule has 0 aliphatic rings. The molecule has 0 aliphatic carbocycles. The Bertz CT molecular complexity index is 433. The van der Waals surface area contributed by atoms with Crippen molar-refractivity contribution in [2.45, 2.75) is 6.92 Å². The van der Waals surface area contributed by atoms with Crippen molar-refractivity contribution in [3.05, 3.63) is 35.4 Å². The Labute approximate surface area is 88.8 Å². The fraction of sp³-hybridized carbons (Fsp3) is 0.167. The first kappa shape index (κ1) is 10.8. The van der Waals surface area contributed by atoms with Crippen molar-refractivity contribution in [2.24, 2.45) is 0 Å². The molecule has 1 aromatic carbocycles. The number of allylic oxidation sites excluding steroid dienone is 1. The molecule has 0 N–H and O–H groups in total. The summed E-state index contributed by atoms with van der Waals surface area (Å²) < 4.78 is 5.36. The molecule has 15 heavy (non-hydrogen) atoms. The number of hydrogen-bond donors (Lipinski definition) is 0. The quantitative estimate of drug-likeness (QED) is 0.701. The monoisotopic (exact) mass is 198 g/mol. The molecule has 0 spiro atoms. The molecular weight excluding hydrogens is 188 g/mol. The molecule has 0 aromatic heterocycles. The molecule has 0 aliphatic heterocycles. The third kappa shape index (κ3) is 2.86. The van der Waals surface area contributed by atoms with Gasteiger partial charge in [-0.15, -0.1) is 0 Å². The van der Waals surface area contributed by atoms with Crippen molar-refractivity contribution >= 4 is 6.08 Å². The van der Waals surface area contributed by atoms with Crippen LogP contribution in [0.25, 0.3) is 6.08 Å². The Morgan fingerprint density at radius 2 is 2.00 bits per heavy atom. The van der Waals surface area contributed by atoms with Crippen LogP contribution in [0, 0.1) is 22.7 Å². The normalized spacial score (nSPS) is 8.47. The van der Waals surface area contributed by atoms with Crippen molar-refractivity contribution in [2.75, 3.05) is 6.61 Å². The predicted molar refractivity (Wildman–Crippen MR) is 56.8 cm³/mol. The van der Waals surface area contributed by atoms with Crippen molar-refractivity contribution in [1.82, 2.24) is 0 Å². The number of para-hydroxylation sites is 1. The molecule has 0 bridgehead atoms. The number of ether oxygens (including phenoxy) is 1. The minimum atomic E-state index is 0.0714. The summed E-state index contributed by atoms with van der Waals surface area (Å²) in [7, 11) is 0. The Morgan fingerprint density at radius 3 is 2.60 bits per heavy atom. The van der Waals surface area contributed by atoms with Gasteiger partial charge in [0.15, 0.2) is 0 Å². The van der Waals surface area contributed by atoms with Crippen molar-refractivity contribution < 1.29 is 4.74 Å². The number of nitrogens with zero attached hydrogens (tertiary/aromatic N) is 2. The Kier molecular flexibility index (Phi) is 3.94. The van der Waals surface area contributed by atoms with Gasteiger partial charge in [-0.25, -0.2) is 0 Å². The van der Waals surface area contributed by atoms with E-state index in [0.29, 0.717) is 12.4 Å². The van der Waals surface area contributed by atoms with Gasteiger partial charge in [-0.2, -0.15) is 10.5 Å². The minimum absolute atomic E-state index is 0.0714. The molecule has 1 rings (SSSR count). The fourth-order valence-corrected chi connectivity index (χ4v) is 1.13. The highest BCUT2D eigenvalue weighted by molar-refractivity contribution is 5.66. The van der Waals surface area contributed by atoms with Gasteiger partial charge in [-0.1, -0.05) is 18.2 Å². The molecule has 0 fully saturated rings. The zero-order chi connectivity index (χ0) is 11.1. The third-order valence-corrected chi connectivity index (χ3v) is 1.76. The second-order valence-corrected chi connectivity index (χ2v) is 2.75. The van der Waals surface area contributed by atoms with Crippen LogP contribution in [0.2, 0.25) is 0 Å². The summed E-state index contributed by atoms with van der Waals surface area (Å²) in [4.78, 5) is 0. The summed E-state index contributed by atoms with van der Waals surface area (Å²) >= 11 is 0. The molecule has 0 saturated heterocycles. The first-order valence-electron chi connectivity index (χ1n) is 4.55. The highest BCUT2D eigenvalue weighted by Crippen LogP contribution is 2.20.